The topological polar surface area (TPSA) is 71.3 Å². The molecule has 2 N–H and O–H groups in total. The first-order valence-electron chi connectivity index (χ1n) is 7.08. The van der Waals surface area contributed by atoms with Crippen molar-refractivity contribution in [1.29, 1.82) is 0 Å². The van der Waals surface area contributed by atoms with Crippen molar-refractivity contribution >= 4 is 35.2 Å². The summed E-state index contributed by atoms with van der Waals surface area (Å²) in [6, 6.07) is 11.0. The molecule has 0 fully saturated rings. The fourth-order valence-electron chi connectivity index (χ4n) is 1.74. The molecule has 0 aliphatic heterocycles. The molecule has 5 nitrogen and oxygen atoms in total. The van der Waals surface area contributed by atoms with Crippen molar-refractivity contribution in [2.75, 3.05) is 12.3 Å². The Morgan fingerprint density at radius 3 is 2.65 bits per heavy atom. The monoisotopic (exact) mass is 352 g/mol. The van der Waals surface area contributed by atoms with E-state index in [0.717, 1.165) is 4.90 Å². The largest absolute Gasteiger partial charge is 0.467 e. The van der Waals surface area contributed by atoms with Gasteiger partial charge in [0.05, 0.1) is 24.4 Å². The molecular weight excluding hydrogens is 336 g/mol. The first kappa shape index (κ1) is 17.4. The van der Waals surface area contributed by atoms with Gasteiger partial charge in [0.1, 0.15) is 5.76 Å². The molecule has 2 rings (SSSR count). The van der Waals surface area contributed by atoms with E-state index in [0.29, 0.717) is 29.5 Å². The van der Waals surface area contributed by atoms with Gasteiger partial charge in [0.15, 0.2) is 0 Å². The Morgan fingerprint density at radius 1 is 1.09 bits per heavy atom. The van der Waals surface area contributed by atoms with Gasteiger partial charge >= 0.3 is 0 Å². The minimum atomic E-state index is -0.256. The summed E-state index contributed by atoms with van der Waals surface area (Å²) in [6.07, 6.45) is 1.86. The summed E-state index contributed by atoms with van der Waals surface area (Å²) in [5, 5.41) is 5.92. The van der Waals surface area contributed by atoms with Crippen LogP contribution in [0.2, 0.25) is 5.02 Å². The molecule has 1 heterocycles. The molecule has 0 saturated heterocycles. The lowest BCUT2D eigenvalue weighted by atomic mass is 10.4. The number of halogens is 1. The van der Waals surface area contributed by atoms with Crippen LogP contribution in [-0.4, -0.2) is 24.1 Å². The maximum Gasteiger partial charge on any atom is 0.239 e. The average molecular weight is 353 g/mol. The predicted octanol–water partition coefficient (Wildman–Crippen LogP) is 2.85. The lowest BCUT2D eigenvalue weighted by Gasteiger charge is -2.06. The number of furan rings is 1. The molecule has 0 spiro atoms. The lowest BCUT2D eigenvalue weighted by Crippen LogP contribution is -2.36. The van der Waals surface area contributed by atoms with Gasteiger partial charge in [-0.15, -0.1) is 11.8 Å². The zero-order valence-corrected chi connectivity index (χ0v) is 14.0. The van der Waals surface area contributed by atoms with Crippen LogP contribution in [0.3, 0.4) is 0 Å². The Hall–Kier alpha value is -1.92. The van der Waals surface area contributed by atoms with Crippen LogP contribution in [0.1, 0.15) is 12.2 Å². The number of carbonyl (C=O) groups is 2. The van der Waals surface area contributed by atoms with Crippen LogP contribution in [0, 0.1) is 0 Å². The van der Waals surface area contributed by atoms with Gasteiger partial charge in [-0.3, -0.25) is 9.59 Å². The van der Waals surface area contributed by atoms with Crippen LogP contribution in [0.5, 0.6) is 0 Å². The molecule has 1 aromatic carbocycles. The molecule has 0 bridgehead atoms. The van der Waals surface area contributed by atoms with Gasteiger partial charge in [-0.25, -0.2) is 0 Å². The van der Waals surface area contributed by atoms with Crippen LogP contribution < -0.4 is 10.6 Å². The molecule has 0 atom stereocenters. The zero-order chi connectivity index (χ0) is 16.5. The maximum absolute atomic E-state index is 11.7. The number of hydrogen-bond acceptors (Lipinski definition) is 4. The minimum Gasteiger partial charge on any atom is -0.467 e. The third-order valence-electron chi connectivity index (χ3n) is 2.91. The molecule has 1 aromatic heterocycles. The SMILES string of the molecule is O=C(CCSc1ccccc1Cl)NCC(=O)NCc1ccco1. The number of thioether (sulfide) groups is 1. The first-order valence-corrected chi connectivity index (χ1v) is 8.44. The van der Waals surface area contributed by atoms with Gasteiger partial charge in [-0.1, -0.05) is 23.7 Å². The van der Waals surface area contributed by atoms with Gasteiger partial charge in [-0.2, -0.15) is 0 Å². The highest BCUT2D eigenvalue weighted by molar-refractivity contribution is 7.99. The molecule has 0 radical (unpaired) electrons. The zero-order valence-electron chi connectivity index (χ0n) is 12.4. The second-order valence-electron chi connectivity index (χ2n) is 4.66. The highest BCUT2D eigenvalue weighted by Crippen LogP contribution is 2.26. The number of carbonyl (C=O) groups excluding carboxylic acids is 2. The highest BCUT2D eigenvalue weighted by atomic mass is 35.5. The minimum absolute atomic E-state index is 0.0453. The summed E-state index contributed by atoms with van der Waals surface area (Å²) in [5.41, 5.74) is 0. The molecule has 23 heavy (non-hydrogen) atoms. The van der Waals surface area contributed by atoms with Crippen LogP contribution in [0.25, 0.3) is 0 Å². The molecule has 7 heteroatoms. The Morgan fingerprint density at radius 2 is 1.91 bits per heavy atom. The standard InChI is InChI=1S/C16H17ClN2O3S/c17-13-5-1-2-6-14(13)23-9-7-15(20)19-11-16(21)18-10-12-4-3-8-22-12/h1-6,8H,7,9-11H2,(H,18,21)(H,19,20). The predicted molar refractivity (Wildman–Crippen MR) is 90.4 cm³/mol. The van der Waals surface area contributed by atoms with E-state index >= 15 is 0 Å². The van der Waals surface area contributed by atoms with E-state index in [1.807, 2.05) is 24.3 Å². The van der Waals surface area contributed by atoms with Crippen molar-refractivity contribution in [3.05, 3.63) is 53.4 Å². The van der Waals surface area contributed by atoms with Gasteiger partial charge in [0, 0.05) is 17.1 Å². The van der Waals surface area contributed by atoms with Gasteiger partial charge in [0.25, 0.3) is 0 Å². The maximum atomic E-state index is 11.7. The summed E-state index contributed by atoms with van der Waals surface area (Å²) < 4.78 is 5.10. The molecule has 0 saturated carbocycles. The van der Waals surface area contributed by atoms with Gasteiger partial charge in [0.2, 0.25) is 11.8 Å². The van der Waals surface area contributed by atoms with E-state index in [4.69, 9.17) is 16.0 Å². The Balaban J connectivity index is 1.59. The second-order valence-corrected chi connectivity index (χ2v) is 6.21. The Bertz CT molecular complexity index is 647. The van der Waals surface area contributed by atoms with Crippen molar-refractivity contribution in [2.24, 2.45) is 0 Å². The average Bonchev–Trinajstić information content (AvgIpc) is 3.06. The summed E-state index contributed by atoms with van der Waals surface area (Å²) >= 11 is 7.55. The van der Waals surface area contributed by atoms with Gasteiger partial charge in [-0.05, 0) is 24.3 Å². The number of nitrogens with one attached hydrogen (secondary N) is 2. The fourth-order valence-corrected chi connectivity index (χ4v) is 2.93. The summed E-state index contributed by atoms with van der Waals surface area (Å²) in [6.45, 7) is 0.264. The normalized spacial score (nSPS) is 10.3. The Kier molecular flexibility index (Phi) is 7.03. The van der Waals surface area contributed by atoms with E-state index in [1.165, 1.54) is 11.8 Å². The summed E-state index contributed by atoms with van der Waals surface area (Å²) in [4.78, 5) is 24.2. The molecule has 2 aromatic rings. The summed E-state index contributed by atoms with van der Waals surface area (Å²) in [5.74, 6) is 0.843. The molecule has 0 aliphatic carbocycles. The van der Waals surface area contributed by atoms with Gasteiger partial charge < -0.3 is 15.1 Å². The first-order chi connectivity index (χ1) is 11.1. The van der Waals surface area contributed by atoms with E-state index in [-0.39, 0.29) is 18.4 Å². The number of hydrogen-bond donors (Lipinski definition) is 2. The third kappa shape index (κ3) is 6.38. The smallest absolute Gasteiger partial charge is 0.239 e. The van der Waals surface area contributed by atoms with Crippen LogP contribution >= 0.6 is 23.4 Å². The lowest BCUT2D eigenvalue weighted by molar-refractivity contribution is -0.126. The van der Waals surface area contributed by atoms with Crippen LogP contribution in [0.15, 0.2) is 52.0 Å². The van der Waals surface area contributed by atoms with Crippen molar-refractivity contribution in [1.82, 2.24) is 10.6 Å². The summed E-state index contributed by atoms with van der Waals surface area (Å²) in [7, 11) is 0. The van der Waals surface area contributed by atoms with Crippen molar-refractivity contribution < 1.29 is 14.0 Å². The third-order valence-corrected chi connectivity index (χ3v) is 4.43. The molecular formula is C16H17ClN2O3S. The van der Waals surface area contributed by atoms with E-state index < -0.39 is 0 Å². The van der Waals surface area contributed by atoms with Crippen LogP contribution in [0.4, 0.5) is 0 Å². The highest BCUT2D eigenvalue weighted by Gasteiger charge is 2.07. The quantitative estimate of drug-likeness (QED) is 0.717. The van der Waals surface area contributed by atoms with Crippen molar-refractivity contribution in [3.8, 4) is 0 Å². The van der Waals surface area contributed by atoms with E-state index in [9.17, 15) is 9.59 Å². The molecule has 2 amide bonds. The number of amides is 2. The molecule has 0 unspecified atom stereocenters. The van der Waals surface area contributed by atoms with Crippen molar-refractivity contribution in [3.63, 3.8) is 0 Å². The number of benzene rings is 1. The van der Waals surface area contributed by atoms with Crippen molar-refractivity contribution in [2.45, 2.75) is 17.9 Å². The second kappa shape index (κ2) is 9.27. The number of rotatable bonds is 8. The van der Waals surface area contributed by atoms with E-state index in [1.54, 1.807) is 18.4 Å². The Labute approximate surface area is 143 Å². The van der Waals surface area contributed by atoms with Crippen LogP contribution in [-0.2, 0) is 16.1 Å². The molecule has 122 valence electrons. The molecule has 0 aliphatic rings. The van der Waals surface area contributed by atoms with E-state index in [2.05, 4.69) is 10.6 Å². The fraction of sp³-hybridized carbons (Fsp3) is 0.250.